The van der Waals surface area contributed by atoms with Gasteiger partial charge in [0.1, 0.15) is 11.1 Å². The minimum atomic E-state index is -0.0349. The van der Waals surface area contributed by atoms with Gasteiger partial charge in [-0.05, 0) is 37.3 Å². The first-order chi connectivity index (χ1) is 9.63. The van der Waals surface area contributed by atoms with Crippen LogP contribution in [-0.4, -0.2) is 36.5 Å². The molecule has 2 heterocycles. The fourth-order valence-electron chi connectivity index (χ4n) is 2.63. The second-order valence-corrected chi connectivity index (χ2v) is 6.17. The topological polar surface area (TPSA) is 82.2 Å². The van der Waals surface area contributed by atoms with Crippen molar-refractivity contribution in [3.05, 3.63) is 17.0 Å². The number of rotatable bonds is 5. The van der Waals surface area contributed by atoms with Gasteiger partial charge in [-0.1, -0.05) is 0 Å². The SMILES string of the molecule is CC1CC(CN)CN1CCC(=O)Nc1sccc1C#N. The third-order valence-electron chi connectivity index (χ3n) is 3.79. The summed E-state index contributed by atoms with van der Waals surface area (Å²) in [4.78, 5) is 14.2. The summed E-state index contributed by atoms with van der Waals surface area (Å²) in [5, 5.41) is 14.2. The van der Waals surface area contributed by atoms with E-state index in [0.29, 0.717) is 35.5 Å². The summed E-state index contributed by atoms with van der Waals surface area (Å²) in [7, 11) is 0. The number of amides is 1. The van der Waals surface area contributed by atoms with Gasteiger partial charge in [0.2, 0.25) is 5.91 Å². The smallest absolute Gasteiger partial charge is 0.226 e. The predicted molar refractivity (Wildman–Crippen MR) is 80.5 cm³/mol. The molecule has 2 rings (SSSR count). The molecule has 2 unspecified atom stereocenters. The van der Waals surface area contributed by atoms with E-state index in [2.05, 4.69) is 23.2 Å². The molecule has 108 valence electrons. The Kier molecular flexibility index (Phi) is 5.12. The minimum Gasteiger partial charge on any atom is -0.330 e. The molecule has 1 fully saturated rings. The van der Waals surface area contributed by atoms with Crippen molar-refractivity contribution in [2.24, 2.45) is 11.7 Å². The standard InChI is InChI=1S/C14H20N4OS/c1-10-6-11(7-15)9-18(10)4-2-13(19)17-14-12(8-16)3-5-20-14/h3,5,10-11H,2,4,6-7,9,15H2,1H3,(H,17,19). The average Bonchev–Trinajstić information content (AvgIpc) is 3.02. The molecule has 1 amide bonds. The van der Waals surface area contributed by atoms with Crippen LogP contribution in [0.2, 0.25) is 0 Å². The van der Waals surface area contributed by atoms with Gasteiger partial charge in [0.15, 0.2) is 0 Å². The molecule has 1 aliphatic heterocycles. The lowest BCUT2D eigenvalue weighted by Crippen LogP contribution is -2.31. The van der Waals surface area contributed by atoms with Gasteiger partial charge in [-0.2, -0.15) is 5.26 Å². The highest BCUT2D eigenvalue weighted by Gasteiger charge is 2.27. The number of hydrogen-bond donors (Lipinski definition) is 2. The van der Waals surface area contributed by atoms with Gasteiger partial charge in [0.05, 0.1) is 5.56 Å². The fraction of sp³-hybridized carbons (Fsp3) is 0.571. The lowest BCUT2D eigenvalue weighted by Gasteiger charge is -2.20. The van der Waals surface area contributed by atoms with Crippen LogP contribution in [0.5, 0.6) is 0 Å². The Hall–Kier alpha value is -1.42. The maximum Gasteiger partial charge on any atom is 0.226 e. The molecule has 3 N–H and O–H groups in total. The quantitative estimate of drug-likeness (QED) is 0.864. The third kappa shape index (κ3) is 3.57. The zero-order valence-corrected chi connectivity index (χ0v) is 12.4. The predicted octanol–water partition coefficient (Wildman–Crippen LogP) is 1.62. The Balaban J connectivity index is 1.80. The summed E-state index contributed by atoms with van der Waals surface area (Å²) in [5.74, 6) is 0.517. The van der Waals surface area contributed by atoms with Crippen molar-refractivity contribution in [2.75, 3.05) is 25.0 Å². The van der Waals surface area contributed by atoms with Gasteiger partial charge in [-0.25, -0.2) is 0 Å². The molecule has 1 saturated heterocycles. The number of anilines is 1. The van der Waals surface area contributed by atoms with E-state index in [4.69, 9.17) is 11.0 Å². The number of likely N-dealkylation sites (tertiary alicyclic amines) is 1. The Bertz CT molecular complexity index is 508. The highest BCUT2D eigenvalue weighted by molar-refractivity contribution is 7.14. The summed E-state index contributed by atoms with van der Waals surface area (Å²) in [6.07, 6.45) is 1.56. The van der Waals surface area contributed by atoms with E-state index in [0.717, 1.165) is 19.5 Å². The molecule has 1 aromatic heterocycles. The highest BCUT2D eigenvalue weighted by atomic mass is 32.1. The normalized spacial score (nSPS) is 22.6. The first-order valence-electron chi connectivity index (χ1n) is 6.85. The number of nitriles is 1. The molecule has 1 aromatic rings. The summed E-state index contributed by atoms with van der Waals surface area (Å²) >= 11 is 1.38. The van der Waals surface area contributed by atoms with Crippen LogP contribution in [0.15, 0.2) is 11.4 Å². The number of nitrogens with one attached hydrogen (secondary N) is 1. The number of nitrogens with zero attached hydrogens (tertiary/aromatic N) is 2. The number of thiophene rings is 1. The van der Waals surface area contributed by atoms with E-state index >= 15 is 0 Å². The fourth-order valence-corrected chi connectivity index (χ4v) is 3.38. The van der Waals surface area contributed by atoms with Crippen molar-refractivity contribution < 1.29 is 4.79 Å². The van der Waals surface area contributed by atoms with E-state index in [1.54, 1.807) is 6.07 Å². The first kappa shape index (κ1) is 15.0. The van der Waals surface area contributed by atoms with Crippen molar-refractivity contribution in [3.63, 3.8) is 0 Å². The maximum atomic E-state index is 11.9. The average molecular weight is 292 g/mol. The molecular formula is C14H20N4OS. The van der Waals surface area contributed by atoms with Gasteiger partial charge in [0, 0.05) is 25.6 Å². The van der Waals surface area contributed by atoms with Gasteiger partial charge >= 0.3 is 0 Å². The monoisotopic (exact) mass is 292 g/mol. The van der Waals surface area contributed by atoms with Gasteiger partial charge in [0.25, 0.3) is 0 Å². The van der Waals surface area contributed by atoms with Gasteiger partial charge in [-0.3, -0.25) is 9.69 Å². The Morgan fingerprint density at radius 1 is 1.70 bits per heavy atom. The molecule has 0 saturated carbocycles. The van der Waals surface area contributed by atoms with E-state index < -0.39 is 0 Å². The van der Waals surface area contributed by atoms with Crippen molar-refractivity contribution in [3.8, 4) is 6.07 Å². The van der Waals surface area contributed by atoms with Crippen LogP contribution in [0, 0.1) is 17.2 Å². The van der Waals surface area contributed by atoms with E-state index in [9.17, 15) is 4.79 Å². The molecule has 5 nitrogen and oxygen atoms in total. The second kappa shape index (κ2) is 6.84. The summed E-state index contributed by atoms with van der Waals surface area (Å²) < 4.78 is 0. The van der Waals surface area contributed by atoms with Crippen molar-refractivity contribution >= 4 is 22.2 Å². The largest absolute Gasteiger partial charge is 0.330 e. The van der Waals surface area contributed by atoms with Crippen molar-refractivity contribution in [1.82, 2.24) is 4.90 Å². The summed E-state index contributed by atoms with van der Waals surface area (Å²) in [6.45, 7) is 4.62. The van der Waals surface area contributed by atoms with Crippen LogP contribution in [0.4, 0.5) is 5.00 Å². The number of carbonyl (C=O) groups excluding carboxylic acids is 1. The Morgan fingerprint density at radius 2 is 2.50 bits per heavy atom. The molecular weight excluding hydrogens is 272 g/mol. The van der Waals surface area contributed by atoms with E-state index in [1.165, 1.54) is 11.3 Å². The first-order valence-corrected chi connectivity index (χ1v) is 7.73. The van der Waals surface area contributed by atoms with E-state index in [1.807, 2.05) is 5.38 Å². The van der Waals surface area contributed by atoms with Crippen LogP contribution >= 0.6 is 11.3 Å². The van der Waals surface area contributed by atoms with Crippen LogP contribution in [0.1, 0.15) is 25.3 Å². The van der Waals surface area contributed by atoms with Crippen molar-refractivity contribution in [2.45, 2.75) is 25.8 Å². The third-order valence-corrected chi connectivity index (χ3v) is 4.62. The molecule has 0 bridgehead atoms. The summed E-state index contributed by atoms with van der Waals surface area (Å²) in [5.41, 5.74) is 6.23. The highest BCUT2D eigenvalue weighted by Crippen LogP contribution is 2.24. The van der Waals surface area contributed by atoms with Crippen LogP contribution < -0.4 is 11.1 Å². The number of hydrogen-bond acceptors (Lipinski definition) is 5. The minimum absolute atomic E-state index is 0.0349. The number of nitrogens with two attached hydrogens (primary N) is 1. The lowest BCUT2D eigenvalue weighted by molar-refractivity contribution is -0.116. The van der Waals surface area contributed by atoms with Crippen molar-refractivity contribution in [1.29, 1.82) is 5.26 Å². The lowest BCUT2D eigenvalue weighted by atomic mass is 10.1. The molecule has 0 radical (unpaired) electrons. The molecule has 0 aliphatic carbocycles. The van der Waals surface area contributed by atoms with Crippen LogP contribution in [0.3, 0.4) is 0 Å². The van der Waals surface area contributed by atoms with Gasteiger partial charge in [-0.15, -0.1) is 11.3 Å². The molecule has 1 aliphatic rings. The maximum absolute atomic E-state index is 11.9. The zero-order chi connectivity index (χ0) is 14.5. The zero-order valence-electron chi connectivity index (χ0n) is 11.6. The molecule has 2 atom stereocenters. The molecule has 0 spiro atoms. The Morgan fingerprint density at radius 3 is 3.15 bits per heavy atom. The van der Waals surface area contributed by atoms with Crippen LogP contribution in [-0.2, 0) is 4.79 Å². The molecule has 0 aromatic carbocycles. The second-order valence-electron chi connectivity index (χ2n) is 5.25. The van der Waals surface area contributed by atoms with Crippen LogP contribution in [0.25, 0.3) is 0 Å². The molecule has 6 heteroatoms. The number of carbonyl (C=O) groups is 1. The molecule has 20 heavy (non-hydrogen) atoms. The van der Waals surface area contributed by atoms with E-state index in [-0.39, 0.29) is 5.91 Å². The Labute approximate surface area is 123 Å². The van der Waals surface area contributed by atoms with Gasteiger partial charge < -0.3 is 11.1 Å². The summed E-state index contributed by atoms with van der Waals surface area (Å²) in [6, 6.07) is 4.28.